The van der Waals surface area contributed by atoms with Crippen molar-refractivity contribution in [2.75, 3.05) is 5.73 Å². The van der Waals surface area contributed by atoms with E-state index in [1.54, 1.807) is 36.0 Å². The van der Waals surface area contributed by atoms with Gasteiger partial charge in [-0.2, -0.15) is 0 Å². The molecule has 98 valence electrons. The molecule has 2 rings (SSSR count). The Hall–Kier alpha value is -1.72. The molecule has 6 heteroatoms. The highest BCUT2D eigenvalue weighted by Gasteiger charge is 2.06. The van der Waals surface area contributed by atoms with E-state index < -0.39 is 4.92 Å². The quantitative estimate of drug-likeness (QED) is 0.398. The number of nitrogens with zero attached hydrogens (tertiary/aromatic N) is 1. The van der Waals surface area contributed by atoms with Gasteiger partial charge in [-0.05, 0) is 23.8 Å². The van der Waals surface area contributed by atoms with E-state index in [9.17, 15) is 10.1 Å². The van der Waals surface area contributed by atoms with Gasteiger partial charge >= 0.3 is 0 Å². The van der Waals surface area contributed by atoms with Crippen LogP contribution < -0.4 is 5.73 Å². The summed E-state index contributed by atoms with van der Waals surface area (Å²) >= 11 is 7.49. The van der Waals surface area contributed by atoms with Crippen LogP contribution in [-0.2, 0) is 5.75 Å². The summed E-state index contributed by atoms with van der Waals surface area (Å²) in [4.78, 5) is 11.3. The molecule has 0 radical (unpaired) electrons. The summed E-state index contributed by atoms with van der Waals surface area (Å²) in [7, 11) is 0. The van der Waals surface area contributed by atoms with Gasteiger partial charge in [0.2, 0.25) is 0 Å². The van der Waals surface area contributed by atoms with Gasteiger partial charge in [0.05, 0.1) is 15.6 Å². The third kappa shape index (κ3) is 3.62. The molecule has 0 heterocycles. The Morgan fingerprint density at radius 2 is 2.05 bits per heavy atom. The molecular weight excluding hydrogens is 284 g/mol. The van der Waals surface area contributed by atoms with E-state index in [1.165, 1.54) is 6.07 Å². The Balaban J connectivity index is 2.07. The zero-order valence-electron chi connectivity index (χ0n) is 9.88. The molecular formula is C13H11ClN2O2S. The fourth-order valence-corrected chi connectivity index (χ4v) is 2.65. The first kappa shape index (κ1) is 13.7. The molecule has 0 unspecified atom stereocenters. The molecule has 0 atom stereocenters. The first-order valence-corrected chi connectivity index (χ1v) is 6.84. The summed E-state index contributed by atoms with van der Waals surface area (Å²) < 4.78 is 0. The van der Waals surface area contributed by atoms with Crippen molar-refractivity contribution >= 4 is 34.7 Å². The standard InChI is InChI=1S/C13H11ClN2O2S/c14-12-7-11(4-5-13(12)15)19-8-9-2-1-3-10(6-9)16(17)18/h1-7H,8,15H2. The number of hydrogen-bond donors (Lipinski definition) is 1. The number of nitro groups is 1. The SMILES string of the molecule is Nc1ccc(SCc2cccc([N+](=O)[O-])c2)cc1Cl. The van der Waals surface area contributed by atoms with Gasteiger partial charge in [0.25, 0.3) is 5.69 Å². The normalized spacial score (nSPS) is 10.4. The van der Waals surface area contributed by atoms with Gasteiger partial charge in [-0.1, -0.05) is 23.7 Å². The first-order chi connectivity index (χ1) is 9.06. The average molecular weight is 295 g/mol. The summed E-state index contributed by atoms with van der Waals surface area (Å²) in [6.07, 6.45) is 0. The zero-order valence-corrected chi connectivity index (χ0v) is 11.4. The number of nitro benzene ring substituents is 1. The van der Waals surface area contributed by atoms with Crippen LogP contribution in [0.4, 0.5) is 11.4 Å². The Bertz CT molecular complexity index is 619. The maximum Gasteiger partial charge on any atom is 0.269 e. The maximum absolute atomic E-state index is 10.7. The Kier molecular flexibility index (Phi) is 4.29. The van der Waals surface area contributed by atoms with Crippen LogP contribution in [0.3, 0.4) is 0 Å². The highest BCUT2D eigenvalue weighted by atomic mass is 35.5. The third-order valence-electron chi connectivity index (χ3n) is 2.50. The van der Waals surface area contributed by atoms with Gasteiger partial charge in [0.1, 0.15) is 0 Å². The highest BCUT2D eigenvalue weighted by Crippen LogP contribution is 2.29. The van der Waals surface area contributed by atoms with Gasteiger partial charge in [-0.25, -0.2) is 0 Å². The topological polar surface area (TPSA) is 69.2 Å². The molecule has 0 spiro atoms. The number of halogens is 1. The second-order valence-electron chi connectivity index (χ2n) is 3.90. The molecule has 0 amide bonds. The third-order valence-corrected chi connectivity index (χ3v) is 3.89. The van der Waals surface area contributed by atoms with Crippen molar-refractivity contribution in [3.05, 3.63) is 63.2 Å². The fraction of sp³-hybridized carbons (Fsp3) is 0.0769. The average Bonchev–Trinajstić information content (AvgIpc) is 2.40. The molecule has 0 saturated carbocycles. The minimum absolute atomic E-state index is 0.105. The number of benzene rings is 2. The molecule has 2 N–H and O–H groups in total. The van der Waals surface area contributed by atoms with Crippen LogP contribution >= 0.6 is 23.4 Å². The van der Waals surface area contributed by atoms with Crippen LogP contribution in [-0.4, -0.2) is 4.92 Å². The number of thioether (sulfide) groups is 1. The van der Waals surface area contributed by atoms with Crippen molar-refractivity contribution in [1.29, 1.82) is 0 Å². The highest BCUT2D eigenvalue weighted by molar-refractivity contribution is 7.98. The first-order valence-electron chi connectivity index (χ1n) is 5.47. The van der Waals surface area contributed by atoms with Crippen LogP contribution in [0.15, 0.2) is 47.4 Å². The monoisotopic (exact) mass is 294 g/mol. The molecule has 0 bridgehead atoms. The predicted octanol–water partition coefficient (Wildman–Crippen LogP) is 4.12. The van der Waals surface area contributed by atoms with Crippen LogP contribution in [0.5, 0.6) is 0 Å². The lowest BCUT2D eigenvalue weighted by atomic mass is 10.2. The van der Waals surface area contributed by atoms with E-state index in [2.05, 4.69) is 0 Å². The van der Waals surface area contributed by atoms with Gasteiger partial charge in [0, 0.05) is 22.8 Å². The van der Waals surface area contributed by atoms with Crippen LogP contribution in [0, 0.1) is 10.1 Å². The summed E-state index contributed by atoms with van der Waals surface area (Å²) in [6, 6.07) is 12.0. The van der Waals surface area contributed by atoms with E-state index in [1.807, 2.05) is 12.1 Å². The summed E-state index contributed by atoms with van der Waals surface area (Å²) in [5, 5.41) is 11.2. The van der Waals surface area contributed by atoms with Gasteiger partial charge in [-0.15, -0.1) is 11.8 Å². The van der Waals surface area contributed by atoms with E-state index in [-0.39, 0.29) is 5.69 Å². The van der Waals surface area contributed by atoms with E-state index in [0.29, 0.717) is 16.5 Å². The number of non-ortho nitro benzene ring substituents is 1. The smallest absolute Gasteiger partial charge is 0.269 e. The van der Waals surface area contributed by atoms with E-state index in [4.69, 9.17) is 17.3 Å². The minimum Gasteiger partial charge on any atom is -0.398 e. The lowest BCUT2D eigenvalue weighted by molar-refractivity contribution is -0.384. The van der Waals surface area contributed by atoms with Crippen molar-refractivity contribution < 1.29 is 4.92 Å². The number of hydrogen-bond acceptors (Lipinski definition) is 4. The van der Waals surface area contributed by atoms with Crippen LogP contribution in [0.1, 0.15) is 5.56 Å². The lowest BCUT2D eigenvalue weighted by Gasteiger charge is -2.04. The van der Waals surface area contributed by atoms with Crippen molar-refractivity contribution in [3.8, 4) is 0 Å². The Morgan fingerprint density at radius 1 is 1.26 bits per heavy atom. The summed E-state index contributed by atoms with van der Waals surface area (Å²) in [5.74, 6) is 0.641. The van der Waals surface area contributed by atoms with Crippen molar-refractivity contribution in [2.45, 2.75) is 10.6 Å². The van der Waals surface area contributed by atoms with Gasteiger partial charge in [-0.3, -0.25) is 10.1 Å². The molecule has 4 nitrogen and oxygen atoms in total. The molecule has 0 aromatic heterocycles. The molecule has 19 heavy (non-hydrogen) atoms. The van der Waals surface area contributed by atoms with E-state index in [0.717, 1.165) is 10.5 Å². The number of anilines is 1. The summed E-state index contributed by atoms with van der Waals surface area (Å²) in [5.41, 5.74) is 7.18. The molecule has 2 aromatic carbocycles. The summed E-state index contributed by atoms with van der Waals surface area (Å²) in [6.45, 7) is 0. The molecule has 0 aliphatic rings. The Morgan fingerprint density at radius 3 is 2.74 bits per heavy atom. The van der Waals surface area contributed by atoms with E-state index >= 15 is 0 Å². The molecule has 0 aliphatic carbocycles. The lowest BCUT2D eigenvalue weighted by Crippen LogP contribution is -1.89. The second-order valence-corrected chi connectivity index (χ2v) is 5.35. The molecule has 0 fully saturated rings. The number of nitrogens with two attached hydrogens (primary N) is 1. The Labute approximate surface area is 119 Å². The van der Waals surface area contributed by atoms with Crippen molar-refractivity contribution in [1.82, 2.24) is 0 Å². The predicted molar refractivity (Wildman–Crippen MR) is 78.5 cm³/mol. The van der Waals surface area contributed by atoms with Gasteiger partial charge in [0.15, 0.2) is 0 Å². The van der Waals surface area contributed by atoms with Crippen LogP contribution in [0.25, 0.3) is 0 Å². The molecule has 0 saturated heterocycles. The van der Waals surface area contributed by atoms with Crippen molar-refractivity contribution in [2.24, 2.45) is 0 Å². The number of nitrogen functional groups attached to an aromatic ring is 1. The van der Waals surface area contributed by atoms with Crippen LogP contribution in [0.2, 0.25) is 5.02 Å². The fourth-order valence-electron chi connectivity index (χ4n) is 1.52. The second kappa shape index (κ2) is 5.95. The largest absolute Gasteiger partial charge is 0.398 e. The maximum atomic E-state index is 10.7. The van der Waals surface area contributed by atoms with Crippen molar-refractivity contribution in [3.63, 3.8) is 0 Å². The number of rotatable bonds is 4. The minimum atomic E-state index is -0.395. The molecule has 0 aliphatic heterocycles. The van der Waals surface area contributed by atoms with Gasteiger partial charge < -0.3 is 5.73 Å². The molecule has 2 aromatic rings. The zero-order chi connectivity index (χ0) is 13.8.